The van der Waals surface area contributed by atoms with Crippen molar-refractivity contribution in [3.8, 4) is 6.07 Å². The average Bonchev–Trinajstić information content (AvgIpc) is 2.46. The van der Waals surface area contributed by atoms with Gasteiger partial charge in [-0.1, -0.05) is 12.1 Å². The fourth-order valence-electron chi connectivity index (χ4n) is 2.28. The van der Waals surface area contributed by atoms with Crippen LogP contribution in [0.15, 0.2) is 18.2 Å². The van der Waals surface area contributed by atoms with Crippen molar-refractivity contribution in [2.24, 2.45) is 0 Å². The third-order valence-corrected chi connectivity index (χ3v) is 3.23. The summed E-state index contributed by atoms with van der Waals surface area (Å²) < 4.78 is 5.21. The van der Waals surface area contributed by atoms with Crippen molar-refractivity contribution in [2.45, 2.75) is 12.6 Å². The van der Waals surface area contributed by atoms with Crippen LogP contribution in [0.1, 0.15) is 15.9 Å². The zero-order chi connectivity index (χ0) is 15.4. The van der Waals surface area contributed by atoms with Crippen molar-refractivity contribution in [2.75, 3.05) is 19.7 Å². The number of nitrogens with zero attached hydrogens (tertiary/aromatic N) is 3. The zero-order valence-electron chi connectivity index (χ0n) is 11.1. The lowest BCUT2D eigenvalue weighted by molar-refractivity contribution is -0.385. The van der Waals surface area contributed by atoms with Crippen LogP contribution >= 0.6 is 0 Å². The minimum absolute atomic E-state index is 0.227. The summed E-state index contributed by atoms with van der Waals surface area (Å²) in [6, 6.07) is 6.18. The number of ether oxygens (including phenoxy) is 1. The molecule has 8 heteroatoms. The molecule has 1 unspecified atom stereocenters. The molecular weight excluding hydrogens is 278 g/mol. The van der Waals surface area contributed by atoms with E-state index in [-0.39, 0.29) is 12.1 Å². The van der Waals surface area contributed by atoms with Crippen LogP contribution in [0.3, 0.4) is 0 Å². The summed E-state index contributed by atoms with van der Waals surface area (Å²) >= 11 is 0. The van der Waals surface area contributed by atoms with E-state index in [2.05, 4.69) is 0 Å². The first-order valence-electron chi connectivity index (χ1n) is 6.26. The average molecular weight is 291 g/mol. The number of carboxylic acids is 1. The number of nitro benzene ring substituents is 1. The van der Waals surface area contributed by atoms with Gasteiger partial charge >= 0.3 is 5.97 Å². The zero-order valence-corrected chi connectivity index (χ0v) is 11.1. The Kier molecular flexibility index (Phi) is 4.47. The van der Waals surface area contributed by atoms with Crippen LogP contribution in [0.2, 0.25) is 0 Å². The molecule has 0 spiro atoms. The highest BCUT2D eigenvalue weighted by Crippen LogP contribution is 2.24. The number of benzene rings is 1. The Bertz CT molecular complexity index is 610. The van der Waals surface area contributed by atoms with Gasteiger partial charge in [0.05, 0.1) is 17.6 Å². The molecule has 21 heavy (non-hydrogen) atoms. The predicted octanol–water partition coefficient (Wildman–Crippen LogP) is 1.02. The van der Waals surface area contributed by atoms with Crippen LogP contribution < -0.4 is 0 Å². The van der Waals surface area contributed by atoms with Crippen molar-refractivity contribution in [3.05, 3.63) is 39.4 Å². The molecule has 1 N–H and O–H groups in total. The smallest absolute Gasteiger partial charge is 0.343 e. The van der Waals surface area contributed by atoms with Crippen LogP contribution in [-0.4, -0.2) is 46.7 Å². The second-order valence-corrected chi connectivity index (χ2v) is 4.60. The van der Waals surface area contributed by atoms with Crippen molar-refractivity contribution in [1.82, 2.24) is 4.90 Å². The van der Waals surface area contributed by atoms with Crippen molar-refractivity contribution in [1.29, 1.82) is 5.26 Å². The van der Waals surface area contributed by atoms with E-state index in [0.717, 1.165) is 0 Å². The molecule has 0 aromatic heterocycles. The molecule has 1 saturated heterocycles. The van der Waals surface area contributed by atoms with Gasteiger partial charge in [0.25, 0.3) is 5.69 Å². The molecule has 0 saturated carbocycles. The van der Waals surface area contributed by atoms with Crippen LogP contribution in [0.4, 0.5) is 5.69 Å². The number of rotatable bonds is 4. The maximum Gasteiger partial charge on any atom is 0.343 e. The minimum atomic E-state index is -1.33. The number of nitriles is 1. The van der Waals surface area contributed by atoms with Crippen LogP contribution in [-0.2, 0) is 11.3 Å². The van der Waals surface area contributed by atoms with Gasteiger partial charge in [0.15, 0.2) is 6.10 Å². The standard InChI is InChI=1S/C13H13N3O5/c14-6-10-8-15(4-5-21-10)7-9-2-1-3-11(16(19)20)12(9)13(17)18/h1-3,10H,4-5,7-8H2,(H,17,18). The molecule has 110 valence electrons. The molecule has 0 amide bonds. The molecule has 1 aliphatic heterocycles. The van der Waals surface area contributed by atoms with Gasteiger partial charge in [0, 0.05) is 25.7 Å². The molecule has 2 rings (SSSR count). The van der Waals surface area contributed by atoms with Crippen LogP contribution in [0, 0.1) is 21.4 Å². The van der Waals surface area contributed by atoms with E-state index in [1.165, 1.54) is 12.1 Å². The van der Waals surface area contributed by atoms with Crippen molar-refractivity contribution >= 4 is 11.7 Å². The molecule has 0 bridgehead atoms. The third-order valence-electron chi connectivity index (χ3n) is 3.23. The quantitative estimate of drug-likeness (QED) is 0.650. The first-order valence-corrected chi connectivity index (χ1v) is 6.26. The number of carbonyl (C=O) groups is 1. The maximum absolute atomic E-state index is 11.3. The SMILES string of the molecule is N#CC1CN(Cc2cccc([N+](=O)[O-])c2C(=O)O)CCO1. The number of hydrogen-bond acceptors (Lipinski definition) is 6. The summed E-state index contributed by atoms with van der Waals surface area (Å²) in [6.45, 7) is 1.48. The Balaban J connectivity index is 2.28. The molecule has 1 heterocycles. The monoisotopic (exact) mass is 291 g/mol. The third kappa shape index (κ3) is 3.34. The van der Waals surface area contributed by atoms with Crippen LogP contribution in [0.25, 0.3) is 0 Å². The Morgan fingerprint density at radius 1 is 1.62 bits per heavy atom. The van der Waals surface area contributed by atoms with Crippen molar-refractivity contribution in [3.63, 3.8) is 0 Å². The first kappa shape index (κ1) is 14.9. The van der Waals surface area contributed by atoms with Gasteiger partial charge in [-0.05, 0) is 5.56 Å². The molecule has 1 aliphatic rings. The molecule has 1 aromatic rings. The first-order chi connectivity index (χ1) is 10.0. The minimum Gasteiger partial charge on any atom is -0.477 e. The second kappa shape index (κ2) is 6.30. The molecule has 8 nitrogen and oxygen atoms in total. The summed E-state index contributed by atoms with van der Waals surface area (Å²) in [5.74, 6) is -1.33. The lowest BCUT2D eigenvalue weighted by atomic mass is 10.0. The van der Waals surface area contributed by atoms with Gasteiger partial charge in [0.2, 0.25) is 0 Å². The Morgan fingerprint density at radius 2 is 2.38 bits per heavy atom. The summed E-state index contributed by atoms with van der Waals surface area (Å²) in [7, 11) is 0. The summed E-state index contributed by atoms with van der Waals surface area (Å²) in [5, 5.41) is 29.0. The van der Waals surface area contributed by atoms with E-state index in [1.807, 2.05) is 11.0 Å². The predicted molar refractivity (Wildman–Crippen MR) is 70.7 cm³/mol. The molecular formula is C13H13N3O5. The Hall–Kier alpha value is -2.50. The Morgan fingerprint density at radius 3 is 3.00 bits per heavy atom. The normalized spacial score (nSPS) is 18.9. The van der Waals surface area contributed by atoms with Gasteiger partial charge in [-0.25, -0.2) is 4.79 Å². The van der Waals surface area contributed by atoms with Gasteiger partial charge in [-0.15, -0.1) is 0 Å². The van der Waals surface area contributed by atoms with E-state index in [4.69, 9.17) is 10.00 Å². The highest BCUT2D eigenvalue weighted by atomic mass is 16.6. The van der Waals surface area contributed by atoms with Gasteiger partial charge in [-0.3, -0.25) is 15.0 Å². The number of morpholine rings is 1. The molecule has 1 atom stereocenters. The Labute approximate surface area is 120 Å². The van der Waals surface area contributed by atoms with Crippen LogP contribution in [0.5, 0.6) is 0 Å². The fraction of sp³-hybridized carbons (Fsp3) is 0.385. The van der Waals surface area contributed by atoms with E-state index >= 15 is 0 Å². The van der Waals surface area contributed by atoms with E-state index in [0.29, 0.717) is 25.3 Å². The summed E-state index contributed by atoms with van der Waals surface area (Å²) in [5.41, 5.74) is -0.372. The second-order valence-electron chi connectivity index (χ2n) is 4.60. The summed E-state index contributed by atoms with van der Waals surface area (Å²) in [6.07, 6.45) is -0.564. The lowest BCUT2D eigenvalue weighted by Gasteiger charge is -2.29. The van der Waals surface area contributed by atoms with E-state index < -0.39 is 22.7 Å². The van der Waals surface area contributed by atoms with Crippen molar-refractivity contribution < 1.29 is 19.6 Å². The molecule has 0 aliphatic carbocycles. The van der Waals surface area contributed by atoms with Gasteiger partial charge < -0.3 is 9.84 Å². The highest BCUT2D eigenvalue weighted by Gasteiger charge is 2.26. The van der Waals surface area contributed by atoms with Gasteiger partial charge in [0.1, 0.15) is 5.56 Å². The fourth-order valence-corrected chi connectivity index (χ4v) is 2.28. The number of hydrogen-bond donors (Lipinski definition) is 1. The number of nitro groups is 1. The molecule has 1 fully saturated rings. The van der Waals surface area contributed by atoms with Gasteiger partial charge in [-0.2, -0.15) is 5.26 Å². The highest BCUT2D eigenvalue weighted by molar-refractivity contribution is 5.94. The van der Waals surface area contributed by atoms with E-state index in [1.54, 1.807) is 6.07 Å². The maximum atomic E-state index is 11.3. The molecule has 0 radical (unpaired) electrons. The topological polar surface area (TPSA) is 117 Å². The largest absolute Gasteiger partial charge is 0.477 e. The molecule has 1 aromatic carbocycles. The number of carboxylic acid groups (broad SMARTS) is 1. The van der Waals surface area contributed by atoms with E-state index in [9.17, 15) is 20.0 Å². The lowest BCUT2D eigenvalue weighted by Crippen LogP contribution is -2.41. The summed E-state index contributed by atoms with van der Waals surface area (Å²) in [4.78, 5) is 23.4. The number of aromatic carboxylic acids is 1.